The average Bonchev–Trinajstić information content (AvgIpc) is 3.30. The molecule has 0 bridgehead atoms. The van der Waals surface area contributed by atoms with Crippen molar-refractivity contribution in [2.24, 2.45) is 0 Å². The van der Waals surface area contributed by atoms with E-state index in [1.807, 2.05) is 71.4 Å². The van der Waals surface area contributed by atoms with Gasteiger partial charge in [-0.3, -0.25) is 4.79 Å². The van der Waals surface area contributed by atoms with E-state index in [2.05, 4.69) is 34.6 Å². The number of hydrogen-bond acceptors (Lipinski definition) is 2. The van der Waals surface area contributed by atoms with Crippen molar-refractivity contribution in [1.82, 2.24) is 14.9 Å². The van der Waals surface area contributed by atoms with Crippen molar-refractivity contribution in [1.29, 1.82) is 0 Å². The van der Waals surface area contributed by atoms with Crippen LogP contribution in [0.15, 0.2) is 104 Å². The van der Waals surface area contributed by atoms with Crippen LogP contribution in [0.1, 0.15) is 27.4 Å². The van der Waals surface area contributed by atoms with Gasteiger partial charge in [0.15, 0.2) is 0 Å². The van der Waals surface area contributed by atoms with Crippen molar-refractivity contribution in [3.8, 4) is 5.69 Å². The summed E-state index contributed by atoms with van der Waals surface area (Å²) in [6.07, 6.45) is 5.34. The summed E-state index contributed by atoms with van der Waals surface area (Å²) < 4.78 is 1.91. The Morgan fingerprint density at radius 2 is 1.46 bits per heavy atom. The lowest BCUT2D eigenvalue weighted by molar-refractivity contribution is 0.0952. The molecule has 0 radical (unpaired) electrons. The number of benzene rings is 3. The largest absolute Gasteiger partial charge is 0.351 e. The fourth-order valence-electron chi connectivity index (χ4n) is 3.29. The highest BCUT2D eigenvalue weighted by atomic mass is 16.1. The van der Waals surface area contributed by atoms with Gasteiger partial charge in [-0.2, -0.15) is 0 Å². The standard InChI is InChI=1S/C24H21N3O/c28-24(21-11-13-22(14-12-21)27-16-15-25-18-27)26-17-23(19-7-3-1-4-8-19)20-9-5-2-6-10-20/h1-16,18,23H,17H2,(H,26,28). The normalized spacial score (nSPS) is 10.8. The van der Waals surface area contributed by atoms with Crippen LogP contribution in [0.2, 0.25) is 0 Å². The van der Waals surface area contributed by atoms with Gasteiger partial charge in [-0.1, -0.05) is 60.7 Å². The van der Waals surface area contributed by atoms with Gasteiger partial charge in [-0.05, 0) is 35.4 Å². The molecule has 1 N–H and O–H groups in total. The van der Waals surface area contributed by atoms with Gasteiger partial charge in [-0.25, -0.2) is 4.98 Å². The Hall–Kier alpha value is -3.66. The fourth-order valence-corrected chi connectivity index (χ4v) is 3.29. The molecule has 1 heterocycles. The predicted octanol–water partition coefficient (Wildman–Crippen LogP) is 4.43. The van der Waals surface area contributed by atoms with Crippen LogP contribution in [0.3, 0.4) is 0 Å². The lowest BCUT2D eigenvalue weighted by Crippen LogP contribution is -2.28. The minimum absolute atomic E-state index is 0.0750. The third kappa shape index (κ3) is 4.01. The lowest BCUT2D eigenvalue weighted by atomic mass is 9.91. The number of imidazole rings is 1. The zero-order valence-electron chi connectivity index (χ0n) is 15.4. The highest BCUT2D eigenvalue weighted by molar-refractivity contribution is 5.94. The summed E-state index contributed by atoms with van der Waals surface area (Å²) in [6, 6.07) is 28.0. The minimum Gasteiger partial charge on any atom is -0.351 e. The highest BCUT2D eigenvalue weighted by Crippen LogP contribution is 2.23. The topological polar surface area (TPSA) is 46.9 Å². The average molecular weight is 367 g/mol. The van der Waals surface area contributed by atoms with Crippen molar-refractivity contribution >= 4 is 5.91 Å². The van der Waals surface area contributed by atoms with Crippen molar-refractivity contribution in [2.75, 3.05) is 6.54 Å². The Morgan fingerprint density at radius 1 is 0.857 bits per heavy atom. The molecule has 0 aliphatic rings. The van der Waals surface area contributed by atoms with Crippen LogP contribution in [0.25, 0.3) is 5.69 Å². The van der Waals surface area contributed by atoms with Gasteiger partial charge >= 0.3 is 0 Å². The van der Waals surface area contributed by atoms with E-state index in [9.17, 15) is 4.79 Å². The number of hydrogen-bond donors (Lipinski definition) is 1. The Labute approximate surface area is 164 Å². The summed E-state index contributed by atoms with van der Waals surface area (Å²) in [7, 11) is 0. The molecule has 4 heteroatoms. The van der Waals surface area contributed by atoms with Gasteiger partial charge in [0.1, 0.15) is 0 Å². The first-order valence-electron chi connectivity index (χ1n) is 9.28. The summed E-state index contributed by atoms with van der Waals surface area (Å²) in [4.78, 5) is 16.7. The second kappa shape index (κ2) is 8.35. The molecule has 4 aromatic rings. The molecule has 138 valence electrons. The smallest absolute Gasteiger partial charge is 0.251 e. The second-order valence-electron chi connectivity index (χ2n) is 6.60. The molecule has 0 atom stereocenters. The first-order chi connectivity index (χ1) is 13.8. The number of aromatic nitrogens is 2. The maximum atomic E-state index is 12.7. The Bertz CT molecular complexity index is 971. The monoisotopic (exact) mass is 367 g/mol. The molecule has 0 spiro atoms. The Balaban J connectivity index is 1.48. The summed E-state index contributed by atoms with van der Waals surface area (Å²) in [6.45, 7) is 0.538. The fraction of sp³-hybridized carbons (Fsp3) is 0.0833. The van der Waals surface area contributed by atoms with Gasteiger partial charge < -0.3 is 9.88 Å². The van der Waals surface area contributed by atoms with Crippen molar-refractivity contribution < 1.29 is 4.79 Å². The van der Waals surface area contributed by atoms with E-state index in [0.717, 1.165) is 5.69 Å². The Kier molecular flexibility index (Phi) is 5.29. The molecular formula is C24H21N3O. The zero-order chi connectivity index (χ0) is 19.2. The quantitative estimate of drug-likeness (QED) is 0.548. The molecule has 4 nitrogen and oxygen atoms in total. The molecule has 4 rings (SSSR count). The number of rotatable bonds is 6. The number of nitrogens with one attached hydrogen (secondary N) is 1. The summed E-state index contributed by atoms with van der Waals surface area (Å²) in [5.41, 5.74) is 3.98. The van der Waals surface area contributed by atoms with Crippen LogP contribution >= 0.6 is 0 Å². The number of carbonyl (C=O) groups is 1. The molecule has 0 saturated heterocycles. The van der Waals surface area contributed by atoms with Gasteiger partial charge in [0.25, 0.3) is 5.91 Å². The van der Waals surface area contributed by atoms with E-state index in [4.69, 9.17) is 0 Å². The van der Waals surface area contributed by atoms with Gasteiger partial charge in [-0.15, -0.1) is 0 Å². The van der Waals surface area contributed by atoms with E-state index >= 15 is 0 Å². The molecule has 0 saturated carbocycles. The van der Waals surface area contributed by atoms with Crippen LogP contribution in [0, 0.1) is 0 Å². The molecular weight excluding hydrogens is 346 g/mol. The van der Waals surface area contributed by atoms with Gasteiger partial charge in [0.2, 0.25) is 0 Å². The van der Waals surface area contributed by atoms with Gasteiger partial charge in [0.05, 0.1) is 6.33 Å². The number of carbonyl (C=O) groups excluding carboxylic acids is 1. The first kappa shape index (κ1) is 17.7. The molecule has 0 fully saturated rings. The SMILES string of the molecule is O=C(NCC(c1ccccc1)c1ccccc1)c1ccc(-n2ccnc2)cc1. The maximum Gasteiger partial charge on any atom is 0.251 e. The summed E-state index contributed by atoms with van der Waals surface area (Å²) >= 11 is 0. The highest BCUT2D eigenvalue weighted by Gasteiger charge is 2.15. The third-order valence-corrected chi connectivity index (χ3v) is 4.80. The minimum atomic E-state index is -0.0750. The van der Waals surface area contributed by atoms with Crippen LogP contribution in [0.5, 0.6) is 0 Å². The van der Waals surface area contributed by atoms with Gasteiger partial charge in [0, 0.05) is 36.1 Å². The van der Waals surface area contributed by atoms with E-state index in [1.54, 1.807) is 12.5 Å². The lowest BCUT2D eigenvalue weighted by Gasteiger charge is -2.19. The molecule has 1 amide bonds. The molecule has 0 unspecified atom stereocenters. The third-order valence-electron chi connectivity index (χ3n) is 4.80. The second-order valence-corrected chi connectivity index (χ2v) is 6.60. The first-order valence-corrected chi connectivity index (χ1v) is 9.28. The van der Waals surface area contributed by atoms with Crippen LogP contribution in [-0.2, 0) is 0 Å². The van der Waals surface area contributed by atoms with E-state index < -0.39 is 0 Å². The van der Waals surface area contributed by atoms with Crippen LogP contribution in [0.4, 0.5) is 0 Å². The summed E-state index contributed by atoms with van der Waals surface area (Å²) in [5.74, 6) is 0.0330. The van der Waals surface area contributed by atoms with E-state index in [0.29, 0.717) is 12.1 Å². The zero-order valence-corrected chi connectivity index (χ0v) is 15.4. The molecule has 3 aromatic carbocycles. The van der Waals surface area contributed by atoms with Crippen molar-refractivity contribution in [2.45, 2.75) is 5.92 Å². The molecule has 1 aromatic heterocycles. The molecule has 0 aliphatic carbocycles. The van der Waals surface area contributed by atoms with Crippen LogP contribution in [-0.4, -0.2) is 22.0 Å². The number of nitrogens with zero attached hydrogens (tertiary/aromatic N) is 2. The Morgan fingerprint density at radius 3 is 2.00 bits per heavy atom. The molecule has 0 aliphatic heterocycles. The summed E-state index contributed by atoms with van der Waals surface area (Å²) in [5, 5.41) is 3.09. The number of amides is 1. The predicted molar refractivity (Wildman–Crippen MR) is 111 cm³/mol. The van der Waals surface area contributed by atoms with E-state index in [-0.39, 0.29) is 11.8 Å². The van der Waals surface area contributed by atoms with Crippen molar-refractivity contribution in [3.63, 3.8) is 0 Å². The van der Waals surface area contributed by atoms with Crippen molar-refractivity contribution in [3.05, 3.63) is 120 Å². The maximum absolute atomic E-state index is 12.7. The van der Waals surface area contributed by atoms with Crippen LogP contribution < -0.4 is 5.32 Å². The molecule has 28 heavy (non-hydrogen) atoms. The van der Waals surface area contributed by atoms with E-state index in [1.165, 1.54) is 11.1 Å².